The Bertz CT molecular complexity index is 869. The van der Waals surface area contributed by atoms with Gasteiger partial charge in [-0.05, 0) is 56.7 Å². The Hall–Kier alpha value is -2.13. The minimum absolute atomic E-state index is 0.0193. The van der Waals surface area contributed by atoms with Gasteiger partial charge < -0.3 is 5.32 Å². The van der Waals surface area contributed by atoms with E-state index in [2.05, 4.69) is 48.6 Å². The average Bonchev–Trinajstić information content (AvgIpc) is 2.87. The van der Waals surface area contributed by atoms with Crippen molar-refractivity contribution in [3.8, 4) is 0 Å². The number of carbonyl (C=O) groups is 1. The van der Waals surface area contributed by atoms with Crippen LogP contribution in [-0.2, 0) is 6.42 Å². The molecule has 0 spiro atoms. The van der Waals surface area contributed by atoms with Gasteiger partial charge in [0.15, 0.2) is 0 Å². The molecule has 0 saturated carbocycles. The molecule has 1 N–H and O–H groups in total. The van der Waals surface area contributed by atoms with Crippen molar-refractivity contribution in [3.63, 3.8) is 0 Å². The van der Waals surface area contributed by atoms with E-state index in [-0.39, 0.29) is 11.4 Å². The van der Waals surface area contributed by atoms with E-state index < -0.39 is 0 Å². The van der Waals surface area contributed by atoms with Crippen LogP contribution in [0.15, 0.2) is 48.5 Å². The minimum atomic E-state index is -0.242. The molecule has 0 unspecified atom stereocenters. The topological polar surface area (TPSA) is 29.1 Å². The lowest BCUT2D eigenvalue weighted by Crippen LogP contribution is -2.40. The van der Waals surface area contributed by atoms with Gasteiger partial charge in [0.05, 0.1) is 4.88 Å². The molecule has 0 fully saturated rings. The van der Waals surface area contributed by atoms with Crippen molar-refractivity contribution in [1.29, 1.82) is 0 Å². The summed E-state index contributed by atoms with van der Waals surface area (Å²) in [6, 6.07) is 16.8. The van der Waals surface area contributed by atoms with Gasteiger partial charge in [-0.25, -0.2) is 0 Å². The molecule has 1 aromatic heterocycles. The second kappa shape index (κ2) is 6.40. The number of fused-ring (bicyclic) bond motifs is 1. The lowest BCUT2D eigenvalue weighted by molar-refractivity contribution is 0.0923. The van der Waals surface area contributed by atoms with Gasteiger partial charge in [0.1, 0.15) is 0 Å². The highest BCUT2D eigenvalue weighted by Crippen LogP contribution is 2.33. The highest BCUT2D eigenvalue weighted by atomic mass is 32.1. The van der Waals surface area contributed by atoms with Gasteiger partial charge in [0.2, 0.25) is 0 Å². The summed E-state index contributed by atoms with van der Waals surface area (Å²) in [4.78, 5) is 13.6. The van der Waals surface area contributed by atoms with E-state index in [1.165, 1.54) is 21.2 Å². The van der Waals surface area contributed by atoms with Gasteiger partial charge in [0, 0.05) is 10.2 Å². The maximum absolute atomic E-state index is 12.8. The van der Waals surface area contributed by atoms with Gasteiger partial charge in [-0.3, -0.25) is 4.79 Å². The normalized spacial score (nSPS) is 11.7. The Labute approximate surface area is 147 Å². The van der Waals surface area contributed by atoms with Crippen LogP contribution in [0.1, 0.15) is 47.1 Å². The third-order valence-corrected chi connectivity index (χ3v) is 5.11. The highest BCUT2D eigenvalue weighted by molar-refractivity contribution is 7.21. The number of nitrogens with one attached hydrogen (secondary N) is 1. The molecular formula is C21H23NOS. The molecule has 0 aliphatic carbocycles. The first kappa shape index (κ1) is 16.7. The van der Waals surface area contributed by atoms with Gasteiger partial charge in [-0.1, -0.05) is 48.0 Å². The zero-order valence-corrected chi connectivity index (χ0v) is 15.5. The Morgan fingerprint density at radius 2 is 1.71 bits per heavy atom. The Morgan fingerprint density at radius 1 is 1.04 bits per heavy atom. The molecule has 0 radical (unpaired) electrons. The van der Waals surface area contributed by atoms with Crippen molar-refractivity contribution in [3.05, 3.63) is 70.1 Å². The van der Waals surface area contributed by atoms with Crippen LogP contribution in [0.25, 0.3) is 10.1 Å². The van der Waals surface area contributed by atoms with Crippen LogP contribution in [-0.4, -0.2) is 11.4 Å². The Kier molecular flexibility index (Phi) is 4.46. The van der Waals surface area contributed by atoms with E-state index in [0.717, 1.165) is 16.9 Å². The molecule has 3 aromatic rings. The van der Waals surface area contributed by atoms with Crippen LogP contribution < -0.4 is 5.32 Å². The van der Waals surface area contributed by atoms with Crippen LogP contribution in [0.2, 0.25) is 0 Å². The van der Waals surface area contributed by atoms with E-state index in [9.17, 15) is 4.79 Å². The largest absolute Gasteiger partial charge is 0.347 e. The van der Waals surface area contributed by atoms with E-state index in [1.807, 2.05) is 32.9 Å². The van der Waals surface area contributed by atoms with E-state index in [0.29, 0.717) is 0 Å². The maximum atomic E-state index is 12.8. The first-order valence-electron chi connectivity index (χ1n) is 8.22. The second-order valence-electron chi connectivity index (χ2n) is 7.27. The van der Waals surface area contributed by atoms with E-state index in [1.54, 1.807) is 11.3 Å². The van der Waals surface area contributed by atoms with Crippen molar-refractivity contribution in [2.24, 2.45) is 0 Å². The van der Waals surface area contributed by atoms with Crippen LogP contribution in [0.4, 0.5) is 0 Å². The van der Waals surface area contributed by atoms with Crippen molar-refractivity contribution in [2.75, 3.05) is 0 Å². The number of hydrogen-bond acceptors (Lipinski definition) is 2. The fraction of sp³-hybridized carbons (Fsp3) is 0.286. The van der Waals surface area contributed by atoms with Gasteiger partial charge in [-0.15, -0.1) is 11.3 Å². The Balaban J connectivity index is 2.05. The van der Waals surface area contributed by atoms with Crippen molar-refractivity contribution in [2.45, 2.75) is 39.7 Å². The number of aryl methyl sites for hydroxylation is 1. The monoisotopic (exact) mass is 337 g/mol. The standard InChI is InChI=1S/C21H23NOS/c1-14-9-11-15(12-10-14)13-17-16-7-5-6-8-18(16)24-19(17)20(23)22-21(2,3)4/h5-12H,13H2,1-4H3,(H,22,23). The summed E-state index contributed by atoms with van der Waals surface area (Å²) in [5.41, 5.74) is 3.36. The molecule has 1 heterocycles. The first-order chi connectivity index (χ1) is 11.3. The molecule has 2 nitrogen and oxygen atoms in total. The SMILES string of the molecule is Cc1ccc(Cc2c(C(=O)NC(C)(C)C)sc3ccccc23)cc1. The number of thiophene rings is 1. The zero-order valence-electron chi connectivity index (χ0n) is 14.6. The number of benzene rings is 2. The summed E-state index contributed by atoms with van der Waals surface area (Å²) >= 11 is 1.58. The third-order valence-electron chi connectivity index (χ3n) is 3.89. The van der Waals surface area contributed by atoms with Gasteiger partial charge >= 0.3 is 0 Å². The van der Waals surface area contributed by atoms with E-state index in [4.69, 9.17) is 0 Å². The van der Waals surface area contributed by atoms with Crippen molar-refractivity contribution < 1.29 is 4.79 Å². The van der Waals surface area contributed by atoms with Crippen LogP contribution >= 0.6 is 11.3 Å². The summed E-state index contributed by atoms with van der Waals surface area (Å²) in [5.74, 6) is 0.0193. The number of amides is 1. The average molecular weight is 337 g/mol. The number of carbonyl (C=O) groups excluding carboxylic acids is 1. The molecule has 0 saturated heterocycles. The second-order valence-corrected chi connectivity index (χ2v) is 8.32. The molecule has 3 rings (SSSR count). The van der Waals surface area contributed by atoms with Crippen LogP contribution in [0.5, 0.6) is 0 Å². The molecule has 2 aromatic carbocycles. The van der Waals surface area contributed by atoms with Crippen LogP contribution in [0, 0.1) is 6.92 Å². The molecule has 3 heteroatoms. The molecule has 0 aliphatic rings. The molecule has 124 valence electrons. The number of rotatable bonds is 3. The minimum Gasteiger partial charge on any atom is -0.347 e. The van der Waals surface area contributed by atoms with Gasteiger partial charge in [-0.2, -0.15) is 0 Å². The smallest absolute Gasteiger partial charge is 0.262 e. The number of hydrogen-bond donors (Lipinski definition) is 1. The lowest BCUT2D eigenvalue weighted by Gasteiger charge is -2.20. The maximum Gasteiger partial charge on any atom is 0.262 e. The zero-order chi connectivity index (χ0) is 17.3. The predicted octanol–water partition coefficient (Wildman–Crippen LogP) is 5.33. The molecule has 1 amide bonds. The third kappa shape index (κ3) is 3.68. The van der Waals surface area contributed by atoms with E-state index >= 15 is 0 Å². The molecule has 0 bridgehead atoms. The quantitative estimate of drug-likeness (QED) is 0.688. The molecule has 24 heavy (non-hydrogen) atoms. The Morgan fingerprint density at radius 3 is 2.38 bits per heavy atom. The summed E-state index contributed by atoms with van der Waals surface area (Å²) in [7, 11) is 0. The van der Waals surface area contributed by atoms with Gasteiger partial charge in [0.25, 0.3) is 5.91 Å². The van der Waals surface area contributed by atoms with Crippen LogP contribution in [0.3, 0.4) is 0 Å². The molecule has 0 aliphatic heterocycles. The summed E-state index contributed by atoms with van der Waals surface area (Å²) in [6.07, 6.45) is 0.775. The summed E-state index contributed by atoms with van der Waals surface area (Å²) in [5, 5.41) is 4.29. The first-order valence-corrected chi connectivity index (χ1v) is 9.03. The molecule has 0 atom stereocenters. The fourth-order valence-corrected chi connectivity index (χ4v) is 3.88. The fourth-order valence-electron chi connectivity index (χ4n) is 2.77. The van der Waals surface area contributed by atoms with Crippen molar-refractivity contribution in [1.82, 2.24) is 5.32 Å². The summed E-state index contributed by atoms with van der Waals surface area (Å²) in [6.45, 7) is 8.12. The summed E-state index contributed by atoms with van der Waals surface area (Å²) < 4.78 is 1.17. The molecular weight excluding hydrogens is 314 g/mol. The van der Waals surface area contributed by atoms with Crippen molar-refractivity contribution >= 4 is 27.3 Å². The highest BCUT2D eigenvalue weighted by Gasteiger charge is 2.22. The lowest BCUT2D eigenvalue weighted by atomic mass is 10.00. The predicted molar refractivity (Wildman–Crippen MR) is 103 cm³/mol.